The van der Waals surface area contributed by atoms with Crippen LogP contribution in [0.5, 0.6) is 0 Å². The SMILES string of the molecule is CCc1nc(CC(=O)NC(CCCO)c2ccccc2)cs1. The van der Waals surface area contributed by atoms with E-state index in [4.69, 9.17) is 5.11 Å². The highest BCUT2D eigenvalue weighted by Crippen LogP contribution is 2.18. The first-order valence-electron chi connectivity index (χ1n) is 7.61. The van der Waals surface area contributed by atoms with Gasteiger partial charge in [-0.25, -0.2) is 4.98 Å². The average Bonchev–Trinajstić information content (AvgIpc) is 2.99. The number of nitrogens with zero attached hydrogens (tertiary/aromatic N) is 1. The number of carbonyl (C=O) groups excluding carboxylic acids is 1. The number of aliphatic hydroxyl groups is 1. The summed E-state index contributed by atoms with van der Waals surface area (Å²) in [6.45, 7) is 2.19. The van der Waals surface area contributed by atoms with E-state index in [0.717, 1.165) is 29.1 Å². The molecule has 22 heavy (non-hydrogen) atoms. The van der Waals surface area contributed by atoms with Gasteiger partial charge in [0.25, 0.3) is 0 Å². The number of rotatable bonds is 8. The van der Waals surface area contributed by atoms with Gasteiger partial charge in [-0.1, -0.05) is 37.3 Å². The van der Waals surface area contributed by atoms with Crippen molar-refractivity contribution in [3.8, 4) is 0 Å². The molecule has 2 N–H and O–H groups in total. The number of benzene rings is 1. The van der Waals surface area contributed by atoms with E-state index in [1.807, 2.05) is 35.7 Å². The molecule has 0 saturated heterocycles. The first-order chi connectivity index (χ1) is 10.7. The van der Waals surface area contributed by atoms with Crippen molar-refractivity contribution in [2.75, 3.05) is 6.61 Å². The smallest absolute Gasteiger partial charge is 0.226 e. The predicted molar refractivity (Wildman–Crippen MR) is 88.8 cm³/mol. The monoisotopic (exact) mass is 318 g/mol. The summed E-state index contributed by atoms with van der Waals surface area (Å²) in [6.07, 6.45) is 2.59. The lowest BCUT2D eigenvalue weighted by atomic mass is 10.0. The van der Waals surface area contributed by atoms with Crippen LogP contribution in [-0.2, 0) is 17.6 Å². The lowest BCUT2D eigenvalue weighted by Gasteiger charge is -2.18. The van der Waals surface area contributed by atoms with Gasteiger partial charge >= 0.3 is 0 Å². The maximum Gasteiger partial charge on any atom is 0.226 e. The second-order valence-corrected chi connectivity index (χ2v) is 6.10. The quantitative estimate of drug-likeness (QED) is 0.787. The third kappa shape index (κ3) is 4.93. The highest BCUT2D eigenvalue weighted by Gasteiger charge is 2.15. The Morgan fingerprint density at radius 3 is 2.77 bits per heavy atom. The number of aryl methyl sites for hydroxylation is 1. The molecule has 1 heterocycles. The highest BCUT2D eigenvalue weighted by molar-refractivity contribution is 7.09. The van der Waals surface area contributed by atoms with E-state index in [1.165, 1.54) is 0 Å². The third-order valence-electron chi connectivity index (χ3n) is 3.43. The van der Waals surface area contributed by atoms with Crippen molar-refractivity contribution in [1.29, 1.82) is 0 Å². The van der Waals surface area contributed by atoms with Crippen LogP contribution in [-0.4, -0.2) is 22.6 Å². The molecule has 1 atom stereocenters. The summed E-state index contributed by atoms with van der Waals surface area (Å²) in [4.78, 5) is 16.7. The minimum Gasteiger partial charge on any atom is -0.396 e. The van der Waals surface area contributed by atoms with Gasteiger partial charge in [0.05, 0.1) is 23.2 Å². The summed E-state index contributed by atoms with van der Waals surface area (Å²) in [5, 5.41) is 15.1. The molecule has 4 nitrogen and oxygen atoms in total. The fourth-order valence-corrected chi connectivity index (χ4v) is 3.05. The molecule has 0 aliphatic carbocycles. The molecule has 0 aliphatic rings. The first-order valence-corrected chi connectivity index (χ1v) is 8.49. The Morgan fingerprint density at radius 1 is 1.36 bits per heavy atom. The zero-order valence-corrected chi connectivity index (χ0v) is 13.6. The van der Waals surface area contributed by atoms with Crippen molar-refractivity contribution in [2.24, 2.45) is 0 Å². The van der Waals surface area contributed by atoms with Crippen molar-refractivity contribution in [1.82, 2.24) is 10.3 Å². The van der Waals surface area contributed by atoms with Crippen LogP contribution in [0.25, 0.3) is 0 Å². The molecule has 1 aromatic heterocycles. The molecular formula is C17H22N2O2S. The van der Waals surface area contributed by atoms with E-state index in [2.05, 4.69) is 17.2 Å². The molecule has 2 rings (SSSR count). The van der Waals surface area contributed by atoms with Gasteiger partial charge in [-0.2, -0.15) is 0 Å². The van der Waals surface area contributed by atoms with Gasteiger partial charge in [0, 0.05) is 12.0 Å². The van der Waals surface area contributed by atoms with Crippen LogP contribution in [0.1, 0.15) is 42.1 Å². The zero-order chi connectivity index (χ0) is 15.8. The van der Waals surface area contributed by atoms with Crippen molar-refractivity contribution in [2.45, 2.75) is 38.6 Å². The van der Waals surface area contributed by atoms with Crippen molar-refractivity contribution in [3.63, 3.8) is 0 Å². The lowest BCUT2D eigenvalue weighted by Crippen LogP contribution is -2.30. The second kappa shape index (κ2) is 8.66. The summed E-state index contributed by atoms with van der Waals surface area (Å²) in [7, 11) is 0. The largest absolute Gasteiger partial charge is 0.396 e. The van der Waals surface area contributed by atoms with Crippen molar-refractivity contribution >= 4 is 17.2 Å². The molecule has 118 valence electrons. The molecule has 1 aromatic carbocycles. The number of hydrogen-bond acceptors (Lipinski definition) is 4. The summed E-state index contributed by atoms with van der Waals surface area (Å²) < 4.78 is 0. The minimum atomic E-state index is -0.0647. The fourth-order valence-electron chi connectivity index (χ4n) is 2.31. The van der Waals surface area contributed by atoms with E-state index in [1.54, 1.807) is 11.3 Å². The van der Waals surface area contributed by atoms with Gasteiger partial charge < -0.3 is 10.4 Å². The lowest BCUT2D eigenvalue weighted by molar-refractivity contribution is -0.121. The number of aromatic nitrogens is 1. The third-order valence-corrected chi connectivity index (χ3v) is 4.47. The zero-order valence-electron chi connectivity index (χ0n) is 12.8. The fraction of sp³-hybridized carbons (Fsp3) is 0.412. The second-order valence-electron chi connectivity index (χ2n) is 5.16. The number of thiazole rings is 1. The van der Waals surface area contributed by atoms with Crippen molar-refractivity contribution in [3.05, 3.63) is 52.0 Å². The van der Waals surface area contributed by atoms with Gasteiger partial charge in [0.1, 0.15) is 0 Å². The Kier molecular flexibility index (Phi) is 6.55. The van der Waals surface area contributed by atoms with Crippen LogP contribution in [0.2, 0.25) is 0 Å². The molecular weight excluding hydrogens is 296 g/mol. The number of nitrogens with one attached hydrogen (secondary N) is 1. The van der Waals surface area contributed by atoms with Crippen LogP contribution < -0.4 is 5.32 Å². The number of hydrogen-bond donors (Lipinski definition) is 2. The summed E-state index contributed by atoms with van der Waals surface area (Å²) >= 11 is 1.60. The number of carbonyl (C=O) groups is 1. The minimum absolute atomic E-state index is 0.0280. The first kappa shape index (κ1) is 16.6. The van der Waals surface area contributed by atoms with E-state index < -0.39 is 0 Å². The van der Waals surface area contributed by atoms with Crippen LogP contribution in [0.3, 0.4) is 0 Å². The Labute approximate surface area is 135 Å². The van der Waals surface area contributed by atoms with Crippen molar-refractivity contribution < 1.29 is 9.90 Å². The molecule has 1 amide bonds. The van der Waals surface area contributed by atoms with Gasteiger partial charge in [-0.3, -0.25) is 4.79 Å². The van der Waals surface area contributed by atoms with E-state index >= 15 is 0 Å². The van der Waals surface area contributed by atoms with E-state index in [-0.39, 0.29) is 18.6 Å². The standard InChI is InChI=1S/C17H22N2O2S/c1-2-17-18-14(12-22-17)11-16(21)19-15(9-6-10-20)13-7-4-3-5-8-13/h3-5,7-8,12,15,20H,2,6,9-11H2,1H3,(H,19,21). The van der Waals surface area contributed by atoms with Crippen LogP contribution in [0.4, 0.5) is 0 Å². The van der Waals surface area contributed by atoms with Gasteiger partial charge in [0.15, 0.2) is 0 Å². The molecule has 1 unspecified atom stereocenters. The van der Waals surface area contributed by atoms with Crippen LogP contribution in [0.15, 0.2) is 35.7 Å². The Balaban J connectivity index is 1.98. The van der Waals surface area contributed by atoms with Gasteiger partial charge in [-0.05, 0) is 24.8 Å². The molecule has 0 aliphatic heterocycles. The maximum atomic E-state index is 12.2. The number of amides is 1. The van der Waals surface area contributed by atoms with Gasteiger partial charge in [-0.15, -0.1) is 11.3 Å². The van der Waals surface area contributed by atoms with E-state index in [9.17, 15) is 4.79 Å². The number of aliphatic hydroxyl groups excluding tert-OH is 1. The molecule has 5 heteroatoms. The molecule has 2 aromatic rings. The topological polar surface area (TPSA) is 62.2 Å². The molecule has 0 saturated carbocycles. The highest BCUT2D eigenvalue weighted by atomic mass is 32.1. The molecule has 0 spiro atoms. The Bertz CT molecular complexity index is 583. The maximum absolute atomic E-state index is 12.2. The Morgan fingerprint density at radius 2 is 2.14 bits per heavy atom. The summed E-state index contributed by atoms with van der Waals surface area (Å²) in [5.41, 5.74) is 1.89. The average molecular weight is 318 g/mol. The normalized spacial score (nSPS) is 12.1. The predicted octanol–water partition coefficient (Wildman–Crippen LogP) is 2.88. The molecule has 0 bridgehead atoms. The van der Waals surface area contributed by atoms with Crippen LogP contribution in [0, 0.1) is 0 Å². The summed E-state index contributed by atoms with van der Waals surface area (Å²) in [5.74, 6) is -0.0280. The van der Waals surface area contributed by atoms with Gasteiger partial charge in [0.2, 0.25) is 5.91 Å². The van der Waals surface area contributed by atoms with E-state index in [0.29, 0.717) is 12.8 Å². The molecule has 0 fully saturated rings. The Hall–Kier alpha value is -1.72. The summed E-state index contributed by atoms with van der Waals surface area (Å²) in [6, 6.07) is 9.81. The van der Waals surface area contributed by atoms with Crippen LogP contribution >= 0.6 is 11.3 Å². The molecule has 0 radical (unpaired) electrons.